The number of methoxy groups -OCH3 is 2. The van der Waals surface area contributed by atoms with E-state index < -0.39 is 11.8 Å². The Morgan fingerprint density at radius 3 is 2.54 bits per heavy atom. The Labute approximate surface area is 141 Å². The van der Waals surface area contributed by atoms with Crippen molar-refractivity contribution in [2.45, 2.75) is 38.1 Å². The normalized spacial score (nSPS) is 15.1. The van der Waals surface area contributed by atoms with E-state index in [0.717, 1.165) is 25.7 Å². The number of carbonyl (C=O) groups excluding carboxylic acids is 2. The summed E-state index contributed by atoms with van der Waals surface area (Å²) in [6, 6.07) is 5.29. The molecule has 0 atom stereocenters. The Morgan fingerprint density at radius 1 is 1.12 bits per heavy atom. The van der Waals surface area contributed by atoms with Gasteiger partial charge in [-0.2, -0.15) is 5.10 Å². The van der Waals surface area contributed by atoms with Crippen LogP contribution in [0.15, 0.2) is 23.3 Å². The smallest absolute Gasteiger partial charge is 0.329 e. The molecule has 24 heavy (non-hydrogen) atoms. The third-order valence-electron chi connectivity index (χ3n) is 3.96. The molecule has 7 heteroatoms. The van der Waals surface area contributed by atoms with Gasteiger partial charge in [0, 0.05) is 17.7 Å². The minimum absolute atomic E-state index is 0.0858. The Hall–Kier alpha value is -2.57. The lowest BCUT2D eigenvalue weighted by atomic mass is 9.95. The molecule has 1 aliphatic rings. The van der Waals surface area contributed by atoms with Crippen LogP contribution in [-0.4, -0.2) is 38.3 Å². The maximum absolute atomic E-state index is 11.8. The van der Waals surface area contributed by atoms with Gasteiger partial charge >= 0.3 is 11.8 Å². The van der Waals surface area contributed by atoms with Crippen LogP contribution >= 0.6 is 0 Å². The molecule has 2 N–H and O–H groups in total. The molecule has 1 aliphatic carbocycles. The van der Waals surface area contributed by atoms with Gasteiger partial charge < -0.3 is 14.8 Å². The van der Waals surface area contributed by atoms with Crippen LogP contribution in [0.4, 0.5) is 0 Å². The first-order valence-corrected chi connectivity index (χ1v) is 8.00. The third-order valence-corrected chi connectivity index (χ3v) is 3.96. The fraction of sp³-hybridized carbons (Fsp3) is 0.471. The van der Waals surface area contributed by atoms with E-state index in [4.69, 9.17) is 9.47 Å². The number of rotatable bonds is 5. The molecule has 0 aromatic heterocycles. The lowest BCUT2D eigenvalue weighted by Gasteiger charge is -2.22. The minimum atomic E-state index is -0.774. The molecule has 0 bridgehead atoms. The van der Waals surface area contributed by atoms with Gasteiger partial charge in [0.15, 0.2) is 0 Å². The van der Waals surface area contributed by atoms with Crippen molar-refractivity contribution < 1.29 is 19.1 Å². The molecule has 0 radical (unpaired) electrons. The van der Waals surface area contributed by atoms with E-state index in [0.29, 0.717) is 17.1 Å². The van der Waals surface area contributed by atoms with Gasteiger partial charge in [-0.3, -0.25) is 9.59 Å². The summed E-state index contributed by atoms with van der Waals surface area (Å²) in [5.41, 5.74) is 2.89. The molecule has 0 heterocycles. The highest BCUT2D eigenvalue weighted by atomic mass is 16.5. The second kappa shape index (κ2) is 8.90. The van der Waals surface area contributed by atoms with Crippen LogP contribution in [0.1, 0.15) is 37.7 Å². The van der Waals surface area contributed by atoms with Crippen molar-refractivity contribution in [3.63, 3.8) is 0 Å². The number of amides is 2. The van der Waals surface area contributed by atoms with E-state index in [9.17, 15) is 9.59 Å². The minimum Gasteiger partial charge on any atom is -0.497 e. The van der Waals surface area contributed by atoms with E-state index in [1.54, 1.807) is 25.3 Å². The summed E-state index contributed by atoms with van der Waals surface area (Å²) < 4.78 is 10.3. The average molecular weight is 333 g/mol. The van der Waals surface area contributed by atoms with Gasteiger partial charge in [0.1, 0.15) is 11.5 Å². The van der Waals surface area contributed by atoms with Crippen molar-refractivity contribution in [3.8, 4) is 11.5 Å². The van der Waals surface area contributed by atoms with Crippen molar-refractivity contribution in [1.82, 2.24) is 10.7 Å². The quantitative estimate of drug-likeness (QED) is 0.487. The maximum atomic E-state index is 11.8. The van der Waals surface area contributed by atoms with E-state index in [-0.39, 0.29) is 6.04 Å². The number of benzene rings is 1. The van der Waals surface area contributed by atoms with Gasteiger partial charge in [-0.25, -0.2) is 5.43 Å². The molecule has 0 saturated heterocycles. The van der Waals surface area contributed by atoms with Crippen LogP contribution in [0.25, 0.3) is 0 Å². The number of hydrogen-bond donors (Lipinski definition) is 2. The molecule has 0 aliphatic heterocycles. The summed E-state index contributed by atoms with van der Waals surface area (Å²) in [6.07, 6.45) is 6.62. The van der Waals surface area contributed by atoms with Gasteiger partial charge in [-0.05, 0) is 25.0 Å². The van der Waals surface area contributed by atoms with Gasteiger partial charge in [-0.1, -0.05) is 19.3 Å². The second-order valence-electron chi connectivity index (χ2n) is 5.62. The highest BCUT2D eigenvalue weighted by Gasteiger charge is 2.19. The predicted molar refractivity (Wildman–Crippen MR) is 90.3 cm³/mol. The van der Waals surface area contributed by atoms with Crippen molar-refractivity contribution in [3.05, 3.63) is 23.8 Å². The van der Waals surface area contributed by atoms with E-state index in [1.807, 2.05) is 0 Å². The van der Waals surface area contributed by atoms with Crippen molar-refractivity contribution in [2.75, 3.05) is 14.2 Å². The first kappa shape index (κ1) is 17.8. The lowest BCUT2D eigenvalue weighted by Crippen LogP contribution is -2.44. The molecule has 0 spiro atoms. The average Bonchev–Trinajstić information content (AvgIpc) is 2.62. The Balaban J connectivity index is 1.88. The van der Waals surface area contributed by atoms with Crippen LogP contribution in [0.2, 0.25) is 0 Å². The number of nitrogens with zero attached hydrogens (tertiary/aromatic N) is 1. The molecular formula is C17H23N3O4. The largest absolute Gasteiger partial charge is 0.497 e. The zero-order valence-corrected chi connectivity index (χ0v) is 14.0. The highest BCUT2D eigenvalue weighted by Crippen LogP contribution is 2.23. The van der Waals surface area contributed by atoms with Gasteiger partial charge in [0.2, 0.25) is 0 Å². The Bertz CT molecular complexity index is 610. The summed E-state index contributed by atoms with van der Waals surface area (Å²) in [5.74, 6) is -0.219. The standard InChI is InChI=1S/C17H23N3O4/c1-23-14-9-8-12(15(10-14)24-2)11-18-20-17(22)16(21)19-13-6-4-3-5-7-13/h8-11,13H,3-7H2,1-2H3,(H,19,21)(H,20,22)/b18-11-. The summed E-state index contributed by atoms with van der Waals surface area (Å²) >= 11 is 0. The number of hydrazone groups is 1. The van der Waals surface area contributed by atoms with Crippen molar-refractivity contribution in [2.24, 2.45) is 5.10 Å². The molecule has 2 amide bonds. The molecule has 1 aromatic carbocycles. The lowest BCUT2D eigenvalue weighted by molar-refractivity contribution is -0.139. The van der Waals surface area contributed by atoms with E-state index in [2.05, 4.69) is 15.8 Å². The van der Waals surface area contributed by atoms with Gasteiger partial charge in [-0.15, -0.1) is 0 Å². The molecular weight excluding hydrogens is 310 g/mol. The van der Waals surface area contributed by atoms with E-state index >= 15 is 0 Å². The van der Waals surface area contributed by atoms with Crippen molar-refractivity contribution in [1.29, 1.82) is 0 Å². The summed E-state index contributed by atoms with van der Waals surface area (Å²) in [6.45, 7) is 0. The first-order valence-electron chi connectivity index (χ1n) is 8.00. The monoisotopic (exact) mass is 333 g/mol. The highest BCUT2D eigenvalue weighted by molar-refractivity contribution is 6.35. The molecule has 0 unspecified atom stereocenters. The second-order valence-corrected chi connectivity index (χ2v) is 5.62. The molecule has 7 nitrogen and oxygen atoms in total. The SMILES string of the molecule is COc1ccc(/C=N\NC(=O)C(=O)NC2CCCCC2)c(OC)c1. The van der Waals surface area contributed by atoms with Gasteiger partial charge in [0.05, 0.1) is 20.4 Å². The fourth-order valence-corrected chi connectivity index (χ4v) is 2.63. The number of ether oxygens (including phenoxy) is 2. The predicted octanol–water partition coefficient (Wildman–Crippen LogP) is 1.60. The summed E-state index contributed by atoms with van der Waals surface area (Å²) in [7, 11) is 3.09. The number of carbonyl (C=O) groups is 2. The van der Waals surface area contributed by atoms with Crippen molar-refractivity contribution >= 4 is 18.0 Å². The van der Waals surface area contributed by atoms with Crippen LogP contribution in [0, 0.1) is 0 Å². The zero-order valence-electron chi connectivity index (χ0n) is 14.0. The van der Waals surface area contributed by atoms with Crippen LogP contribution in [0.5, 0.6) is 11.5 Å². The zero-order chi connectivity index (χ0) is 17.4. The Kier molecular flexibility index (Phi) is 6.60. The maximum Gasteiger partial charge on any atom is 0.329 e. The van der Waals surface area contributed by atoms with E-state index in [1.165, 1.54) is 19.7 Å². The fourth-order valence-electron chi connectivity index (χ4n) is 2.63. The number of nitrogens with one attached hydrogen (secondary N) is 2. The summed E-state index contributed by atoms with van der Waals surface area (Å²) in [4.78, 5) is 23.6. The molecule has 1 saturated carbocycles. The van der Waals surface area contributed by atoms with Gasteiger partial charge in [0.25, 0.3) is 0 Å². The van der Waals surface area contributed by atoms with Crippen LogP contribution < -0.4 is 20.2 Å². The van der Waals surface area contributed by atoms with Crippen LogP contribution in [-0.2, 0) is 9.59 Å². The topological polar surface area (TPSA) is 89.0 Å². The van der Waals surface area contributed by atoms with Crippen LogP contribution in [0.3, 0.4) is 0 Å². The Morgan fingerprint density at radius 2 is 1.88 bits per heavy atom. The molecule has 130 valence electrons. The number of hydrogen-bond acceptors (Lipinski definition) is 5. The summed E-state index contributed by atoms with van der Waals surface area (Å²) in [5, 5.41) is 6.55. The first-order chi connectivity index (χ1) is 11.6. The molecule has 2 rings (SSSR count). The molecule has 1 aromatic rings. The molecule has 1 fully saturated rings. The third kappa shape index (κ3) is 4.97.